The fourth-order valence-electron chi connectivity index (χ4n) is 2.89. The molecule has 0 radical (unpaired) electrons. The smallest absolute Gasteiger partial charge is 0.419 e. The highest BCUT2D eigenvalue weighted by molar-refractivity contribution is 5.75. The maximum absolute atomic E-state index is 14.7. The first-order chi connectivity index (χ1) is 13.8. The fraction of sp³-hybridized carbons (Fsp3) is 0.136. The van der Waals surface area contributed by atoms with Gasteiger partial charge in [0.2, 0.25) is 0 Å². The molecular formula is C22H16F4O3. The molecule has 3 aromatic carbocycles. The summed E-state index contributed by atoms with van der Waals surface area (Å²) in [4.78, 5) is 11.0. The molecule has 7 heteroatoms. The van der Waals surface area contributed by atoms with E-state index in [1.807, 2.05) is 30.3 Å². The second-order valence-corrected chi connectivity index (χ2v) is 6.34. The molecule has 29 heavy (non-hydrogen) atoms. The number of carbonyl (C=O) groups is 1. The Bertz CT molecular complexity index is 1010. The lowest BCUT2D eigenvalue weighted by Gasteiger charge is -2.16. The molecule has 0 saturated carbocycles. The minimum Gasteiger partial charge on any atom is -0.488 e. The van der Waals surface area contributed by atoms with Crippen LogP contribution in [0, 0.1) is 5.82 Å². The van der Waals surface area contributed by atoms with E-state index in [2.05, 4.69) is 0 Å². The summed E-state index contributed by atoms with van der Waals surface area (Å²) < 4.78 is 59.8. The van der Waals surface area contributed by atoms with Crippen molar-refractivity contribution in [2.45, 2.75) is 19.2 Å². The number of alkyl halides is 3. The SMILES string of the molecule is O=C(O)Cc1ccc(OCc2ccccc2)c(-c2cccc(C(F)(F)F)c2F)c1. The summed E-state index contributed by atoms with van der Waals surface area (Å²) in [7, 11) is 0. The first-order valence-electron chi connectivity index (χ1n) is 8.63. The Kier molecular flexibility index (Phi) is 5.87. The zero-order valence-electron chi connectivity index (χ0n) is 15.0. The van der Waals surface area contributed by atoms with Gasteiger partial charge in [0.25, 0.3) is 0 Å². The van der Waals surface area contributed by atoms with Crippen LogP contribution in [-0.2, 0) is 24.0 Å². The van der Waals surface area contributed by atoms with Gasteiger partial charge in [-0.25, -0.2) is 4.39 Å². The molecule has 1 N–H and O–H groups in total. The van der Waals surface area contributed by atoms with E-state index in [1.54, 1.807) is 0 Å². The summed E-state index contributed by atoms with van der Waals surface area (Å²) in [6.45, 7) is 0.118. The van der Waals surface area contributed by atoms with E-state index in [-0.39, 0.29) is 29.9 Å². The topological polar surface area (TPSA) is 46.5 Å². The number of carboxylic acid groups (broad SMARTS) is 1. The molecule has 0 spiro atoms. The third-order valence-electron chi connectivity index (χ3n) is 4.23. The molecular weight excluding hydrogens is 388 g/mol. The molecule has 0 heterocycles. The number of ether oxygens (including phenoxy) is 1. The standard InChI is InChI=1S/C22H16F4O3/c23-21-16(7-4-8-18(21)22(24,25)26)17-11-15(12-20(27)28)9-10-19(17)29-13-14-5-2-1-3-6-14/h1-11H,12-13H2,(H,27,28). The molecule has 0 aromatic heterocycles. The second-order valence-electron chi connectivity index (χ2n) is 6.34. The van der Waals surface area contributed by atoms with Gasteiger partial charge in [0, 0.05) is 11.1 Å². The Morgan fingerprint density at radius 1 is 0.897 bits per heavy atom. The van der Waals surface area contributed by atoms with Gasteiger partial charge in [-0.3, -0.25) is 4.79 Å². The molecule has 0 unspecified atom stereocenters. The van der Waals surface area contributed by atoms with Crippen molar-refractivity contribution in [1.29, 1.82) is 0 Å². The maximum atomic E-state index is 14.7. The molecule has 0 atom stereocenters. The zero-order valence-corrected chi connectivity index (χ0v) is 15.0. The van der Waals surface area contributed by atoms with Crippen LogP contribution >= 0.6 is 0 Å². The molecule has 0 saturated heterocycles. The third-order valence-corrected chi connectivity index (χ3v) is 4.23. The fourth-order valence-corrected chi connectivity index (χ4v) is 2.89. The van der Waals surface area contributed by atoms with E-state index in [0.717, 1.165) is 11.6 Å². The van der Waals surface area contributed by atoms with Crippen molar-refractivity contribution in [1.82, 2.24) is 0 Å². The Morgan fingerprint density at radius 3 is 2.28 bits per heavy atom. The summed E-state index contributed by atoms with van der Waals surface area (Å²) in [5, 5.41) is 9.00. The lowest BCUT2D eigenvalue weighted by atomic mass is 9.98. The van der Waals surface area contributed by atoms with E-state index in [0.29, 0.717) is 11.6 Å². The van der Waals surface area contributed by atoms with E-state index >= 15 is 0 Å². The van der Waals surface area contributed by atoms with Gasteiger partial charge in [-0.05, 0) is 29.3 Å². The largest absolute Gasteiger partial charge is 0.488 e. The molecule has 0 fully saturated rings. The summed E-state index contributed by atoms with van der Waals surface area (Å²) in [5.41, 5.74) is -0.514. The molecule has 0 bridgehead atoms. The van der Waals surface area contributed by atoms with Crippen LogP contribution in [0.1, 0.15) is 16.7 Å². The van der Waals surface area contributed by atoms with Crippen LogP contribution in [0.2, 0.25) is 0 Å². The highest BCUT2D eigenvalue weighted by Crippen LogP contribution is 2.39. The Labute approximate surface area is 164 Å². The average molecular weight is 404 g/mol. The summed E-state index contributed by atoms with van der Waals surface area (Å²) in [5.74, 6) is -2.39. The van der Waals surface area contributed by atoms with Gasteiger partial charge in [0.1, 0.15) is 18.2 Å². The predicted octanol–water partition coefficient (Wildman–Crippen LogP) is 5.72. The quantitative estimate of drug-likeness (QED) is 0.535. The van der Waals surface area contributed by atoms with Crippen LogP contribution in [0.25, 0.3) is 11.1 Å². The van der Waals surface area contributed by atoms with Gasteiger partial charge in [0.15, 0.2) is 0 Å². The monoisotopic (exact) mass is 404 g/mol. The normalized spacial score (nSPS) is 11.3. The van der Waals surface area contributed by atoms with E-state index < -0.39 is 23.5 Å². The number of carboxylic acids is 1. The van der Waals surface area contributed by atoms with Crippen LogP contribution in [-0.4, -0.2) is 11.1 Å². The summed E-state index contributed by atoms with van der Waals surface area (Å²) in [6, 6.07) is 16.3. The van der Waals surface area contributed by atoms with Crippen molar-refractivity contribution in [3.05, 3.63) is 89.2 Å². The molecule has 3 rings (SSSR count). The minimum atomic E-state index is -4.86. The first-order valence-corrected chi connectivity index (χ1v) is 8.63. The van der Waals surface area contributed by atoms with E-state index in [9.17, 15) is 22.4 Å². The highest BCUT2D eigenvalue weighted by Gasteiger charge is 2.35. The molecule has 3 aromatic rings. The second kappa shape index (κ2) is 8.34. The Balaban J connectivity index is 2.06. The van der Waals surface area contributed by atoms with Gasteiger partial charge < -0.3 is 9.84 Å². The van der Waals surface area contributed by atoms with E-state index in [4.69, 9.17) is 9.84 Å². The number of rotatable bonds is 6. The van der Waals surface area contributed by atoms with Crippen LogP contribution in [0.4, 0.5) is 17.6 Å². The van der Waals surface area contributed by atoms with Crippen molar-refractivity contribution >= 4 is 5.97 Å². The summed E-state index contributed by atoms with van der Waals surface area (Å²) in [6.07, 6.45) is -5.21. The van der Waals surface area contributed by atoms with Crippen molar-refractivity contribution < 1.29 is 32.2 Å². The number of hydrogen-bond donors (Lipinski definition) is 1. The van der Waals surface area contributed by atoms with Gasteiger partial charge in [-0.15, -0.1) is 0 Å². The van der Waals surface area contributed by atoms with Crippen molar-refractivity contribution in [3.63, 3.8) is 0 Å². The zero-order chi connectivity index (χ0) is 21.0. The predicted molar refractivity (Wildman–Crippen MR) is 99.0 cm³/mol. The lowest BCUT2D eigenvalue weighted by Crippen LogP contribution is -2.09. The minimum absolute atomic E-state index is 0.0586. The molecule has 0 amide bonds. The molecule has 0 aliphatic carbocycles. The number of aliphatic carboxylic acids is 1. The van der Waals surface area contributed by atoms with Crippen molar-refractivity contribution in [2.75, 3.05) is 0 Å². The highest BCUT2D eigenvalue weighted by atomic mass is 19.4. The van der Waals surface area contributed by atoms with E-state index in [1.165, 1.54) is 24.3 Å². The third kappa shape index (κ3) is 4.93. The van der Waals surface area contributed by atoms with Crippen molar-refractivity contribution in [2.24, 2.45) is 0 Å². The van der Waals surface area contributed by atoms with Crippen LogP contribution in [0.15, 0.2) is 66.7 Å². The molecule has 150 valence electrons. The Morgan fingerprint density at radius 2 is 1.62 bits per heavy atom. The van der Waals surface area contributed by atoms with Crippen molar-refractivity contribution in [3.8, 4) is 16.9 Å². The van der Waals surface area contributed by atoms with Crippen LogP contribution < -0.4 is 4.74 Å². The van der Waals surface area contributed by atoms with Crippen LogP contribution in [0.3, 0.4) is 0 Å². The molecule has 3 nitrogen and oxygen atoms in total. The van der Waals surface area contributed by atoms with Crippen LogP contribution in [0.5, 0.6) is 5.75 Å². The van der Waals surface area contributed by atoms with Gasteiger partial charge in [-0.2, -0.15) is 13.2 Å². The average Bonchev–Trinajstić information content (AvgIpc) is 2.66. The summed E-state index contributed by atoms with van der Waals surface area (Å²) >= 11 is 0. The number of benzene rings is 3. The molecule has 0 aliphatic rings. The van der Waals surface area contributed by atoms with Gasteiger partial charge >= 0.3 is 12.1 Å². The maximum Gasteiger partial charge on any atom is 0.419 e. The lowest BCUT2D eigenvalue weighted by molar-refractivity contribution is -0.140. The number of hydrogen-bond acceptors (Lipinski definition) is 2. The first kappa shape index (κ1) is 20.4. The number of halogens is 4. The Hall–Kier alpha value is -3.35. The van der Waals surface area contributed by atoms with Gasteiger partial charge in [-0.1, -0.05) is 48.5 Å². The molecule has 0 aliphatic heterocycles. The van der Waals surface area contributed by atoms with Gasteiger partial charge in [0.05, 0.1) is 12.0 Å².